The Hall–Kier alpha value is -1.78. The molecule has 0 aliphatic rings. The highest BCUT2D eigenvalue weighted by atomic mass is 16.5. The maximum atomic E-state index is 10.7. The Balaban J connectivity index is 2.80. The van der Waals surface area contributed by atoms with Crippen LogP contribution in [0.5, 0.6) is 0 Å². The number of aromatic nitrogens is 2. The van der Waals surface area contributed by atoms with Crippen molar-refractivity contribution in [3.63, 3.8) is 0 Å². The van der Waals surface area contributed by atoms with E-state index in [1.54, 1.807) is 19.3 Å². The lowest BCUT2D eigenvalue weighted by Crippen LogP contribution is -1.98. The highest BCUT2D eigenvalue weighted by molar-refractivity contribution is 5.87. The van der Waals surface area contributed by atoms with Gasteiger partial charge in [0, 0.05) is 18.7 Å². The van der Waals surface area contributed by atoms with E-state index in [2.05, 4.69) is 9.84 Å². The summed E-state index contributed by atoms with van der Waals surface area (Å²) in [6.45, 7) is 0. The van der Waals surface area contributed by atoms with Crippen LogP contribution in [0.1, 0.15) is 5.56 Å². The zero-order chi connectivity index (χ0) is 9.84. The Morgan fingerprint density at radius 1 is 1.77 bits per heavy atom. The molecule has 0 aliphatic heterocycles. The third-order valence-electron chi connectivity index (χ3n) is 1.61. The van der Waals surface area contributed by atoms with Gasteiger partial charge in [-0.15, -0.1) is 0 Å². The van der Waals surface area contributed by atoms with Gasteiger partial charge in [-0.25, -0.2) is 4.79 Å². The second-order valence-electron chi connectivity index (χ2n) is 2.47. The highest BCUT2D eigenvalue weighted by Gasteiger charge is 2.00. The number of hydrogen-bond donors (Lipinski definition) is 1. The molecule has 13 heavy (non-hydrogen) atoms. The zero-order valence-corrected chi connectivity index (χ0v) is 7.52. The van der Waals surface area contributed by atoms with E-state index in [-0.39, 0.29) is 0 Å². The fourth-order valence-corrected chi connectivity index (χ4v) is 0.818. The fourth-order valence-electron chi connectivity index (χ4n) is 0.818. The topological polar surface area (TPSA) is 70.1 Å². The van der Waals surface area contributed by atoms with E-state index in [0.29, 0.717) is 11.4 Å². The normalized spacial score (nSPS) is 10.6. The second-order valence-corrected chi connectivity index (χ2v) is 2.47. The summed E-state index contributed by atoms with van der Waals surface area (Å²) in [6.07, 6.45) is 4.44. The van der Waals surface area contributed by atoms with Crippen molar-refractivity contribution < 1.29 is 9.53 Å². The quantitative estimate of drug-likeness (QED) is 0.522. The molecular formula is C8H11N3O2. The number of ether oxygens (including phenoxy) is 1. The second kappa shape index (κ2) is 3.75. The Morgan fingerprint density at radius 3 is 2.92 bits per heavy atom. The van der Waals surface area contributed by atoms with E-state index in [9.17, 15) is 4.79 Å². The van der Waals surface area contributed by atoms with E-state index in [1.807, 2.05) is 0 Å². The van der Waals surface area contributed by atoms with Crippen molar-refractivity contribution in [2.24, 2.45) is 7.05 Å². The molecule has 0 atom stereocenters. The zero-order valence-electron chi connectivity index (χ0n) is 7.52. The molecule has 5 heteroatoms. The van der Waals surface area contributed by atoms with Gasteiger partial charge in [-0.05, 0) is 6.08 Å². The fraction of sp³-hybridized carbons (Fsp3) is 0.250. The molecule has 1 rings (SSSR count). The summed E-state index contributed by atoms with van der Waals surface area (Å²) in [4.78, 5) is 10.7. The van der Waals surface area contributed by atoms with Crippen LogP contribution in [0.15, 0.2) is 12.3 Å². The first kappa shape index (κ1) is 9.31. The molecule has 0 aliphatic carbocycles. The van der Waals surface area contributed by atoms with Crippen LogP contribution in [0.25, 0.3) is 6.08 Å². The van der Waals surface area contributed by atoms with Crippen LogP contribution in [-0.4, -0.2) is 22.9 Å². The monoisotopic (exact) mass is 181 g/mol. The molecule has 5 nitrogen and oxygen atoms in total. The number of nitrogens with zero attached hydrogens (tertiary/aromatic N) is 2. The lowest BCUT2D eigenvalue weighted by Gasteiger charge is -1.93. The minimum absolute atomic E-state index is 0.414. The first-order chi connectivity index (χ1) is 6.15. The minimum atomic E-state index is -0.414. The first-order valence-corrected chi connectivity index (χ1v) is 3.68. The predicted octanol–water partition coefficient (Wildman–Crippen LogP) is 0.188. The molecule has 0 fully saturated rings. The van der Waals surface area contributed by atoms with Crippen molar-refractivity contribution in [1.82, 2.24) is 9.78 Å². The van der Waals surface area contributed by atoms with Gasteiger partial charge in [0.25, 0.3) is 0 Å². The summed E-state index contributed by atoms with van der Waals surface area (Å²) in [5, 5.41) is 3.91. The number of anilines is 1. The Bertz CT molecular complexity index is 341. The number of methoxy groups -OCH3 is 1. The smallest absolute Gasteiger partial charge is 0.330 e. The van der Waals surface area contributed by atoms with Gasteiger partial charge < -0.3 is 10.5 Å². The average Bonchev–Trinajstić information content (AvgIpc) is 2.44. The Morgan fingerprint density at radius 2 is 2.46 bits per heavy atom. The first-order valence-electron chi connectivity index (χ1n) is 3.68. The molecule has 0 saturated heterocycles. The van der Waals surface area contributed by atoms with E-state index >= 15 is 0 Å². The SMILES string of the molecule is COC(=O)/C=C/c1cnn(C)c1N. The number of esters is 1. The van der Waals surface area contributed by atoms with Crippen molar-refractivity contribution in [2.75, 3.05) is 12.8 Å². The van der Waals surface area contributed by atoms with Crippen LogP contribution >= 0.6 is 0 Å². The van der Waals surface area contributed by atoms with Gasteiger partial charge in [-0.3, -0.25) is 4.68 Å². The van der Waals surface area contributed by atoms with Crippen molar-refractivity contribution in [2.45, 2.75) is 0 Å². The summed E-state index contributed by atoms with van der Waals surface area (Å²) >= 11 is 0. The summed E-state index contributed by atoms with van der Waals surface area (Å²) in [5.41, 5.74) is 6.33. The molecule has 0 unspecified atom stereocenters. The number of nitrogens with two attached hydrogens (primary N) is 1. The van der Waals surface area contributed by atoms with Gasteiger partial charge in [0.1, 0.15) is 5.82 Å². The van der Waals surface area contributed by atoms with Gasteiger partial charge >= 0.3 is 5.97 Å². The van der Waals surface area contributed by atoms with Crippen LogP contribution in [-0.2, 0) is 16.6 Å². The number of carbonyl (C=O) groups is 1. The lowest BCUT2D eigenvalue weighted by molar-refractivity contribution is -0.134. The summed E-state index contributed by atoms with van der Waals surface area (Å²) in [5.74, 6) is 0.100. The van der Waals surface area contributed by atoms with Crippen LogP contribution in [0.3, 0.4) is 0 Å². The number of nitrogen functional groups attached to an aromatic ring is 1. The van der Waals surface area contributed by atoms with Gasteiger partial charge in [0.15, 0.2) is 0 Å². The number of hydrogen-bond acceptors (Lipinski definition) is 4. The predicted molar refractivity (Wildman–Crippen MR) is 48.7 cm³/mol. The molecule has 1 heterocycles. The van der Waals surface area contributed by atoms with Gasteiger partial charge in [-0.2, -0.15) is 5.10 Å². The summed E-state index contributed by atoms with van der Waals surface area (Å²) in [6, 6.07) is 0. The number of carbonyl (C=O) groups excluding carboxylic acids is 1. The van der Waals surface area contributed by atoms with Crippen LogP contribution in [0.2, 0.25) is 0 Å². The maximum Gasteiger partial charge on any atom is 0.330 e. The van der Waals surface area contributed by atoms with Crippen molar-refractivity contribution in [3.05, 3.63) is 17.8 Å². The molecule has 0 aromatic carbocycles. The number of rotatable bonds is 2. The van der Waals surface area contributed by atoms with E-state index in [4.69, 9.17) is 5.73 Å². The van der Waals surface area contributed by atoms with Crippen LogP contribution in [0.4, 0.5) is 5.82 Å². The van der Waals surface area contributed by atoms with Crippen LogP contribution < -0.4 is 5.73 Å². The summed E-state index contributed by atoms with van der Waals surface area (Å²) in [7, 11) is 3.05. The molecule has 0 radical (unpaired) electrons. The average molecular weight is 181 g/mol. The van der Waals surface area contributed by atoms with E-state index in [0.717, 1.165) is 0 Å². The summed E-state index contributed by atoms with van der Waals surface area (Å²) < 4.78 is 5.95. The van der Waals surface area contributed by atoms with E-state index in [1.165, 1.54) is 17.9 Å². The molecule has 0 spiro atoms. The molecule has 2 N–H and O–H groups in total. The van der Waals surface area contributed by atoms with Crippen molar-refractivity contribution >= 4 is 17.9 Å². The minimum Gasteiger partial charge on any atom is -0.466 e. The Kier molecular flexibility index (Phi) is 2.69. The van der Waals surface area contributed by atoms with Gasteiger partial charge in [0.05, 0.1) is 13.3 Å². The molecule has 0 amide bonds. The van der Waals surface area contributed by atoms with E-state index < -0.39 is 5.97 Å². The number of aryl methyl sites for hydroxylation is 1. The molecular weight excluding hydrogens is 170 g/mol. The van der Waals surface area contributed by atoms with Gasteiger partial charge in [0.2, 0.25) is 0 Å². The maximum absolute atomic E-state index is 10.7. The Labute approximate surface area is 75.8 Å². The third-order valence-corrected chi connectivity index (χ3v) is 1.61. The van der Waals surface area contributed by atoms with Gasteiger partial charge in [-0.1, -0.05) is 0 Å². The molecule has 1 aromatic heterocycles. The molecule has 1 aromatic rings. The highest BCUT2D eigenvalue weighted by Crippen LogP contribution is 2.10. The van der Waals surface area contributed by atoms with Crippen molar-refractivity contribution in [1.29, 1.82) is 0 Å². The van der Waals surface area contributed by atoms with Crippen molar-refractivity contribution in [3.8, 4) is 0 Å². The third kappa shape index (κ3) is 2.08. The molecule has 0 bridgehead atoms. The molecule has 70 valence electrons. The molecule has 0 saturated carbocycles. The lowest BCUT2D eigenvalue weighted by atomic mass is 10.3. The standard InChI is InChI=1S/C8H11N3O2/c1-11-8(9)6(5-10-11)3-4-7(12)13-2/h3-5H,9H2,1-2H3/b4-3+. The van der Waals surface area contributed by atoms with Crippen LogP contribution in [0, 0.1) is 0 Å². The largest absolute Gasteiger partial charge is 0.466 e.